The molecule has 1 fully saturated rings. The molecule has 4 nitrogen and oxygen atoms in total. The number of halogens is 2. The third kappa shape index (κ3) is 3.41. The molecular formula is C15H14F2N2O2S. The van der Waals surface area contributed by atoms with Crippen molar-refractivity contribution in [1.82, 2.24) is 4.98 Å². The van der Waals surface area contributed by atoms with Crippen molar-refractivity contribution >= 4 is 17.2 Å². The first kappa shape index (κ1) is 14.9. The van der Waals surface area contributed by atoms with Crippen LogP contribution >= 0.6 is 11.3 Å². The molecule has 1 saturated carbocycles. The Morgan fingerprint density at radius 3 is 2.64 bits per heavy atom. The van der Waals surface area contributed by atoms with Crippen molar-refractivity contribution in [2.45, 2.75) is 19.3 Å². The molecule has 116 valence electrons. The normalized spacial score (nSPS) is 14.1. The van der Waals surface area contributed by atoms with Crippen LogP contribution in [-0.2, 0) is 11.2 Å². The molecule has 0 radical (unpaired) electrons. The molecule has 1 aliphatic carbocycles. The molecule has 2 aromatic rings. The van der Waals surface area contributed by atoms with E-state index in [0.717, 1.165) is 12.8 Å². The van der Waals surface area contributed by atoms with Gasteiger partial charge in [0.2, 0.25) is 5.91 Å². The highest BCUT2D eigenvalue weighted by atomic mass is 32.1. The minimum atomic E-state index is -0.750. The zero-order chi connectivity index (χ0) is 15.7. The van der Waals surface area contributed by atoms with E-state index < -0.39 is 17.5 Å². The predicted molar refractivity (Wildman–Crippen MR) is 78.6 cm³/mol. The Labute approximate surface area is 129 Å². The maximum absolute atomic E-state index is 14.0. The maximum Gasteiger partial charge on any atom is 0.224 e. The van der Waals surface area contributed by atoms with E-state index in [1.54, 1.807) is 5.38 Å². The molecule has 1 aromatic carbocycles. The number of nitrogens with two attached hydrogens (primary N) is 1. The summed E-state index contributed by atoms with van der Waals surface area (Å²) < 4.78 is 33.3. The third-order valence-electron chi connectivity index (χ3n) is 3.33. The van der Waals surface area contributed by atoms with E-state index in [0.29, 0.717) is 28.8 Å². The van der Waals surface area contributed by atoms with Crippen LogP contribution in [0.2, 0.25) is 0 Å². The maximum atomic E-state index is 14.0. The van der Waals surface area contributed by atoms with Gasteiger partial charge in [-0.2, -0.15) is 0 Å². The molecule has 22 heavy (non-hydrogen) atoms. The summed E-state index contributed by atoms with van der Waals surface area (Å²) in [4.78, 5) is 15.0. The number of amides is 1. The van der Waals surface area contributed by atoms with Crippen LogP contribution < -0.4 is 10.5 Å². The largest absolute Gasteiger partial charge is 0.487 e. The molecule has 1 aliphatic rings. The highest BCUT2D eigenvalue weighted by Crippen LogP contribution is 2.33. The Kier molecular flexibility index (Phi) is 4.06. The topological polar surface area (TPSA) is 65.2 Å². The smallest absolute Gasteiger partial charge is 0.224 e. The molecule has 1 aromatic heterocycles. The molecule has 2 N–H and O–H groups in total. The first-order valence-electron chi connectivity index (χ1n) is 6.88. The number of rotatable bonds is 6. The molecule has 0 bridgehead atoms. The average Bonchev–Trinajstić information content (AvgIpc) is 3.15. The third-order valence-corrected chi connectivity index (χ3v) is 4.18. The van der Waals surface area contributed by atoms with Crippen LogP contribution in [0.1, 0.15) is 17.8 Å². The highest BCUT2D eigenvalue weighted by molar-refractivity contribution is 7.10. The van der Waals surface area contributed by atoms with Crippen molar-refractivity contribution in [3.8, 4) is 17.0 Å². The lowest BCUT2D eigenvalue weighted by atomic mass is 10.1. The lowest BCUT2D eigenvalue weighted by Gasteiger charge is -2.09. The summed E-state index contributed by atoms with van der Waals surface area (Å²) >= 11 is 1.22. The van der Waals surface area contributed by atoms with Crippen molar-refractivity contribution in [2.75, 3.05) is 6.61 Å². The SMILES string of the molecule is NC(=O)Cc1nc(-c2cc(F)c(OCC3CC3)c(F)c2)cs1. The number of hydrogen-bond donors (Lipinski definition) is 1. The van der Waals surface area contributed by atoms with Gasteiger partial charge < -0.3 is 10.5 Å². The molecule has 0 unspecified atom stereocenters. The van der Waals surface area contributed by atoms with E-state index in [-0.39, 0.29) is 12.2 Å². The Morgan fingerprint density at radius 1 is 1.36 bits per heavy atom. The number of ether oxygens (including phenoxy) is 1. The fourth-order valence-electron chi connectivity index (χ4n) is 2.01. The standard InChI is InChI=1S/C15H14F2N2O2S/c16-10-3-9(12-7-22-14(19-12)5-13(18)20)4-11(17)15(10)21-6-8-1-2-8/h3-4,7-8H,1-2,5-6H2,(H2,18,20). The number of carbonyl (C=O) groups is 1. The lowest BCUT2D eigenvalue weighted by Crippen LogP contribution is -2.13. The molecule has 0 atom stereocenters. The molecule has 0 saturated heterocycles. The van der Waals surface area contributed by atoms with Gasteiger partial charge in [-0.05, 0) is 30.9 Å². The zero-order valence-corrected chi connectivity index (χ0v) is 12.5. The lowest BCUT2D eigenvalue weighted by molar-refractivity contribution is -0.117. The molecule has 1 heterocycles. The number of hydrogen-bond acceptors (Lipinski definition) is 4. The van der Waals surface area contributed by atoms with Crippen LogP contribution in [0.4, 0.5) is 8.78 Å². The van der Waals surface area contributed by atoms with Gasteiger partial charge in [0.05, 0.1) is 18.7 Å². The van der Waals surface area contributed by atoms with Crippen molar-refractivity contribution in [2.24, 2.45) is 11.7 Å². The second-order valence-corrected chi connectivity index (χ2v) is 6.24. The van der Waals surface area contributed by atoms with Crippen molar-refractivity contribution < 1.29 is 18.3 Å². The fourth-order valence-corrected chi connectivity index (χ4v) is 2.82. The monoisotopic (exact) mass is 324 g/mol. The summed E-state index contributed by atoms with van der Waals surface area (Å²) in [6.07, 6.45) is 2.10. The summed E-state index contributed by atoms with van der Waals surface area (Å²) in [5, 5.41) is 2.15. The Hall–Kier alpha value is -2.02. The number of benzene rings is 1. The van der Waals surface area contributed by atoms with Crippen LogP contribution in [0.5, 0.6) is 5.75 Å². The minimum Gasteiger partial charge on any atom is -0.487 e. The molecule has 7 heteroatoms. The Morgan fingerprint density at radius 2 is 2.05 bits per heavy atom. The van der Waals surface area contributed by atoms with E-state index in [1.165, 1.54) is 23.5 Å². The number of nitrogens with zero attached hydrogens (tertiary/aromatic N) is 1. The van der Waals surface area contributed by atoms with Gasteiger partial charge in [0, 0.05) is 10.9 Å². The average molecular weight is 324 g/mol. The fraction of sp³-hybridized carbons (Fsp3) is 0.333. The van der Waals surface area contributed by atoms with Gasteiger partial charge in [0.25, 0.3) is 0 Å². The summed E-state index contributed by atoms with van der Waals surface area (Å²) in [6, 6.07) is 2.38. The van der Waals surface area contributed by atoms with Gasteiger partial charge in [-0.15, -0.1) is 11.3 Å². The number of primary amides is 1. The number of aromatic nitrogens is 1. The van der Waals surface area contributed by atoms with Gasteiger partial charge >= 0.3 is 0 Å². The van der Waals surface area contributed by atoms with Crippen LogP contribution in [0.15, 0.2) is 17.5 Å². The van der Waals surface area contributed by atoms with Crippen LogP contribution in [0.3, 0.4) is 0 Å². The van der Waals surface area contributed by atoms with Crippen molar-refractivity contribution in [3.63, 3.8) is 0 Å². The van der Waals surface area contributed by atoms with E-state index in [2.05, 4.69) is 4.98 Å². The van der Waals surface area contributed by atoms with Gasteiger partial charge in [-0.1, -0.05) is 0 Å². The molecular weight excluding hydrogens is 310 g/mol. The van der Waals surface area contributed by atoms with Gasteiger partial charge in [0.1, 0.15) is 5.01 Å². The van der Waals surface area contributed by atoms with Crippen molar-refractivity contribution in [1.29, 1.82) is 0 Å². The minimum absolute atomic E-state index is 0.0121. The molecule has 0 spiro atoms. The zero-order valence-electron chi connectivity index (χ0n) is 11.6. The second-order valence-electron chi connectivity index (χ2n) is 5.29. The first-order chi connectivity index (χ1) is 10.5. The molecule has 3 rings (SSSR count). The van der Waals surface area contributed by atoms with Crippen LogP contribution in [0.25, 0.3) is 11.3 Å². The summed E-state index contributed by atoms with van der Waals surface area (Å²) in [5.74, 6) is -1.93. The predicted octanol–water partition coefficient (Wildman–Crippen LogP) is 2.90. The first-order valence-corrected chi connectivity index (χ1v) is 7.76. The van der Waals surface area contributed by atoms with Crippen molar-refractivity contribution in [3.05, 3.63) is 34.2 Å². The number of thiazole rings is 1. The quantitative estimate of drug-likeness (QED) is 0.888. The summed E-state index contributed by atoms with van der Waals surface area (Å²) in [7, 11) is 0. The summed E-state index contributed by atoms with van der Waals surface area (Å²) in [5.41, 5.74) is 5.81. The van der Waals surface area contributed by atoms with Gasteiger partial charge in [-0.3, -0.25) is 4.79 Å². The number of carbonyl (C=O) groups excluding carboxylic acids is 1. The Bertz CT molecular complexity index is 690. The van der Waals surface area contributed by atoms with Crippen LogP contribution in [0, 0.1) is 17.6 Å². The Balaban J connectivity index is 1.81. The summed E-state index contributed by atoms with van der Waals surface area (Å²) in [6.45, 7) is 0.340. The molecule has 1 amide bonds. The van der Waals surface area contributed by atoms with E-state index in [4.69, 9.17) is 10.5 Å². The van der Waals surface area contributed by atoms with E-state index in [1.807, 2.05) is 0 Å². The van der Waals surface area contributed by atoms with E-state index in [9.17, 15) is 13.6 Å². The van der Waals surface area contributed by atoms with Gasteiger partial charge in [-0.25, -0.2) is 13.8 Å². The second kappa shape index (κ2) is 6.00. The molecule has 0 aliphatic heterocycles. The van der Waals surface area contributed by atoms with Crippen LogP contribution in [-0.4, -0.2) is 17.5 Å². The highest BCUT2D eigenvalue weighted by Gasteiger charge is 2.24. The van der Waals surface area contributed by atoms with E-state index >= 15 is 0 Å². The van der Waals surface area contributed by atoms with Gasteiger partial charge in [0.15, 0.2) is 17.4 Å².